The number of aryl methyl sites for hydroxylation is 1. The van der Waals surface area contributed by atoms with Gasteiger partial charge in [-0.2, -0.15) is 0 Å². The molecule has 1 aliphatic rings. The van der Waals surface area contributed by atoms with Gasteiger partial charge < -0.3 is 34.7 Å². The molecule has 248 valence electrons. The summed E-state index contributed by atoms with van der Waals surface area (Å²) in [5.74, 6) is 1.73. The van der Waals surface area contributed by atoms with Gasteiger partial charge in [-0.25, -0.2) is 0 Å². The highest BCUT2D eigenvalue weighted by Gasteiger charge is 2.29. The Labute approximate surface area is 275 Å². The van der Waals surface area contributed by atoms with Crippen molar-refractivity contribution in [3.8, 4) is 28.4 Å². The Morgan fingerprint density at radius 2 is 1.77 bits per heavy atom. The van der Waals surface area contributed by atoms with E-state index in [1.807, 2.05) is 30.3 Å². The lowest BCUT2D eigenvalue weighted by Gasteiger charge is -2.19. The third kappa shape index (κ3) is 7.21. The minimum atomic E-state index is -0.389. The number of hydrogen-bond acceptors (Lipinski definition) is 7. The highest BCUT2D eigenvalue weighted by molar-refractivity contribution is 6.01. The van der Waals surface area contributed by atoms with E-state index < -0.39 is 0 Å². The standard InChI is InChI=1S/C37H44N4O6/c1-22(2)21-41-18-16-26-28(9-7-10-31(26)41)40-34(44)11-8-17-38-30-15-13-25-27(20-32(30)43)29(39-23(3)42)14-12-24-19-33(45-4)36(46-5)37(47-6)35(24)25/h7,9-10,13,15-16,18-20,22,29H,8,11-12,14,17,21H2,1-6H3,(H,38,43)(H,39,42)(H,40,44). The van der Waals surface area contributed by atoms with Gasteiger partial charge in [-0.3, -0.25) is 14.4 Å². The fraction of sp³-hybridized carbons (Fsp3) is 0.378. The molecule has 47 heavy (non-hydrogen) atoms. The van der Waals surface area contributed by atoms with Gasteiger partial charge in [-0.1, -0.05) is 26.0 Å². The number of rotatable bonds is 12. The number of carbonyl (C=O) groups is 2. The van der Waals surface area contributed by atoms with Crippen LogP contribution in [0.3, 0.4) is 0 Å². The number of nitrogens with one attached hydrogen (secondary N) is 3. The van der Waals surface area contributed by atoms with Crippen molar-refractivity contribution >= 4 is 34.1 Å². The second-order valence-electron chi connectivity index (χ2n) is 12.3. The van der Waals surface area contributed by atoms with E-state index in [0.29, 0.717) is 60.2 Å². The van der Waals surface area contributed by atoms with Gasteiger partial charge in [0.25, 0.3) is 0 Å². The second-order valence-corrected chi connectivity index (χ2v) is 12.3. The summed E-state index contributed by atoms with van der Waals surface area (Å²) >= 11 is 0. The van der Waals surface area contributed by atoms with Gasteiger partial charge in [-0.05, 0) is 78.3 Å². The van der Waals surface area contributed by atoms with Gasteiger partial charge in [0.05, 0.1) is 44.3 Å². The van der Waals surface area contributed by atoms with Crippen molar-refractivity contribution in [2.45, 2.75) is 59.0 Å². The van der Waals surface area contributed by atoms with E-state index in [0.717, 1.165) is 39.8 Å². The van der Waals surface area contributed by atoms with E-state index in [1.54, 1.807) is 33.5 Å². The topological polar surface area (TPSA) is 120 Å². The molecule has 3 N–H and O–H groups in total. The Balaban J connectivity index is 1.36. The smallest absolute Gasteiger partial charge is 0.224 e. The van der Waals surface area contributed by atoms with Crippen LogP contribution in [0.4, 0.5) is 11.4 Å². The normalized spacial score (nSPS) is 13.7. The van der Waals surface area contributed by atoms with Crippen molar-refractivity contribution < 1.29 is 23.8 Å². The van der Waals surface area contributed by atoms with Crippen molar-refractivity contribution in [3.63, 3.8) is 0 Å². The Kier molecular flexibility index (Phi) is 10.4. The Morgan fingerprint density at radius 1 is 0.979 bits per heavy atom. The first-order chi connectivity index (χ1) is 22.6. The Hall–Kier alpha value is -4.99. The lowest BCUT2D eigenvalue weighted by atomic mass is 9.95. The van der Waals surface area contributed by atoms with Gasteiger partial charge in [0.15, 0.2) is 11.5 Å². The van der Waals surface area contributed by atoms with Gasteiger partial charge in [0, 0.05) is 43.6 Å². The number of amides is 2. The van der Waals surface area contributed by atoms with Crippen LogP contribution >= 0.6 is 0 Å². The summed E-state index contributed by atoms with van der Waals surface area (Å²) in [5.41, 5.74) is 5.27. The quantitative estimate of drug-likeness (QED) is 0.155. The van der Waals surface area contributed by atoms with Crippen LogP contribution in [0.15, 0.2) is 59.5 Å². The minimum absolute atomic E-state index is 0.0881. The number of methoxy groups -OCH3 is 3. The van der Waals surface area contributed by atoms with Gasteiger partial charge >= 0.3 is 0 Å². The maximum absolute atomic E-state index is 13.6. The molecule has 0 fully saturated rings. The van der Waals surface area contributed by atoms with Crippen LogP contribution < -0.4 is 35.6 Å². The number of nitrogens with zero attached hydrogens (tertiary/aromatic N) is 1. The maximum atomic E-state index is 13.6. The maximum Gasteiger partial charge on any atom is 0.224 e. The molecule has 0 saturated heterocycles. The summed E-state index contributed by atoms with van der Waals surface area (Å²) in [6.45, 7) is 7.16. The average Bonchev–Trinajstić information content (AvgIpc) is 3.30. The van der Waals surface area contributed by atoms with Crippen molar-refractivity contribution in [1.29, 1.82) is 0 Å². The van der Waals surface area contributed by atoms with Crippen molar-refractivity contribution in [2.75, 3.05) is 38.5 Å². The highest BCUT2D eigenvalue weighted by atomic mass is 16.5. The lowest BCUT2D eigenvalue weighted by molar-refractivity contribution is -0.119. The highest BCUT2D eigenvalue weighted by Crippen LogP contribution is 2.50. The summed E-state index contributed by atoms with van der Waals surface area (Å²) < 4.78 is 19.3. The number of hydrogen-bond donors (Lipinski definition) is 3. The van der Waals surface area contributed by atoms with Crippen LogP contribution in [0.25, 0.3) is 22.0 Å². The first-order valence-corrected chi connectivity index (χ1v) is 16.0. The van der Waals surface area contributed by atoms with E-state index in [2.05, 4.69) is 46.6 Å². The summed E-state index contributed by atoms with van der Waals surface area (Å²) in [6, 6.07) is 14.7. The van der Waals surface area contributed by atoms with Crippen LogP contribution in [-0.4, -0.2) is 44.3 Å². The zero-order valence-electron chi connectivity index (χ0n) is 28.0. The van der Waals surface area contributed by atoms with E-state index in [9.17, 15) is 14.4 Å². The second kappa shape index (κ2) is 14.6. The number of anilines is 2. The molecule has 0 spiro atoms. The molecule has 1 atom stereocenters. The molecule has 0 saturated carbocycles. The van der Waals surface area contributed by atoms with Crippen LogP contribution in [0.2, 0.25) is 0 Å². The van der Waals surface area contributed by atoms with Crippen molar-refractivity contribution in [1.82, 2.24) is 9.88 Å². The van der Waals surface area contributed by atoms with Crippen molar-refractivity contribution in [2.24, 2.45) is 5.92 Å². The molecular formula is C37H44N4O6. The van der Waals surface area contributed by atoms with E-state index >= 15 is 0 Å². The third-order valence-corrected chi connectivity index (χ3v) is 8.46. The fourth-order valence-electron chi connectivity index (χ4n) is 6.42. The van der Waals surface area contributed by atoms with Crippen LogP contribution in [-0.2, 0) is 22.6 Å². The predicted molar refractivity (Wildman–Crippen MR) is 186 cm³/mol. The average molecular weight is 641 g/mol. The predicted octanol–water partition coefficient (Wildman–Crippen LogP) is 6.30. The summed E-state index contributed by atoms with van der Waals surface area (Å²) in [7, 11) is 4.70. The van der Waals surface area contributed by atoms with Crippen molar-refractivity contribution in [3.05, 3.63) is 76.1 Å². The summed E-state index contributed by atoms with van der Waals surface area (Å²) in [4.78, 5) is 38.7. The lowest BCUT2D eigenvalue weighted by Crippen LogP contribution is -2.26. The number of fused-ring (bicyclic) bond motifs is 4. The van der Waals surface area contributed by atoms with Crippen LogP contribution in [0, 0.1) is 5.92 Å². The first kappa shape index (κ1) is 33.4. The van der Waals surface area contributed by atoms with E-state index in [1.165, 1.54) is 6.92 Å². The van der Waals surface area contributed by atoms with Gasteiger partial charge in [0.1, 0.15) is 0 Å². The molecule has 0 aliphatic heterocycles. The molecule has 1 aliphatic carbocycles. The number of benzene rings is 2. The van der Waals surface area contributed by atoms with Crippen LogP contribution in [0.1, 0.15) is 57.2 Å². The molecular weight excluding hydrogens is 596 g/mol. The zero-order valence-corrected chi connectivity index (χ0v) is 28.0. The number of aromatic nitrogens is 1. The molecule has 10 heteroatoms. The summed E-state index contributed by atoms with van der Waals surface area (Å²) in [6.07, 6.45) is 4.07. The molecule has 1 unspecified atom stereocenters. The first-order valence-electron chi connectivity index (χ1n) is 16.0. The molecule has 1 heterocycles. The van der Waals surface area contributed by atoms with Gasteiger partial charge in [0.2, 0.25) is 23.0 Å². The van der Waals surface area contributed by atoms with Crippen LogP contribution in [0.5, 0.6) is 17.2 Å². The molecule has 2 amide bonds. The van der Waals surface area contributed by atoms with Gasteiger partial charge in [-0.15, -0.1) is 0 Å². The third-order valence-electron chi connectivity index (χ3n) is 8.46. The Bertz CT molecular complexity index is 1850. The fourth-order valence-corrected chi connectivity index (χ4v) is 6.42. The Morgan fingerprint density at radius 3 is 2.47 bits per heavy atom. The number of carbonyl (C=O) groups excluding carboxylic acids is 2. The molecule has 0 radical (unpaired) electrons. The minimum Gasteiger partial charge on any atom is -0.493 e. The largest absolute Gasteiger partial charge is 0.493 e. The summed E-state index contributed by atoms with van der Waals surface area (Å²) in [5, 5.41) is 10.3. The molecule has 4 aromatic rings. The number of ether oxygens (including phenoxy) is 3. The molecule has 3 aromatic carbocycles. The zero-order chi connectivity index (χ0) is 33.7. The van der Waals surface area contributed by atoms with E-state index in [-0.39, 0.29) is 29.7 Å². The molecule has 5 rings (SSSR count). The monoisotopic (exact) mass is 640 g/mol. The van der Waals surface area contributed by atoms with E-state index in [4.69, 9.17) is 14.2 Å². The molecule has 1 aromatic heterocycles. The molecule has 10 nitrogen and oxygen atoms in total. The SMILES string of the molecule is COc1cc2c(c(OC)c1OC)-c1ccc(NCCCC(=O)Nc3cccc4c3ccn4CC(C)C)c(=O)cc1C(NC(C)=O)CC2. The molecule has 0 bridgehead atoms.